The van der Waals surface area contributed by atoms with Gasteiger partial charge in [0, 0.05) is 12.6 Å². The molecule has 0 aliphatic heterocycles. The zero-order valence-electron chi connectivity index (χ0n) is 10.4. The van der Waals surface area contributed by atoms with Crippen LogP contribution in [0.4, 0.5) is 13.2 Å². The van der Waals surface area contributed by atoms with Crippen molar-refractivity contribution in [1.29, 1.82) is 0 Å². The van der Waals surface area contributed by atoms with Gasteiger partial charge in [-0.1, -0.05) is 0 Å². The summed E-state index contributed by atoms with van der Waals surface area (Å²) in [5.74, 6) is 0. The highest BCUT2D eigenvalue weighted by molar-refractivity contribution is 7.89. The average Bonchev–Trinajstić information content (AvgIpc) is 2.55. The fraction of sp³-hybridized carbons (Fsp3) is 0.667. The van der Waals surface area contributed by atoms with Gasteiger partial charge >= 0.3 is 6.18 Å². The van der Waals surface area contributed by atoms with Crippen LogP contribution < -0.4 is 10.5 Å². The summed E-state index contributed by atoms with van der Waals surface area (Å²) in [6.45, 7) is 2.46. The number of nitrogens with zero attached hydrogens (tertiary/aromatic N) is 1. The van der Waals surface area contributed by atoms with Gasteiger partial charge in [0.25, 0.3) is 0 Å². The number of hydrogen-bond donors (Lipinski definition) is 3. The Morgan fingerprint density at radius 1 is 1.47 bits per heavy atom. The first kappa shape index (κ1) is 15.9. The lowest BCUT2D eigenvalue weighted by Crippen LogP contribution is -2.36. The lowest BCUT2D eigenvalue weighted by molar-refractivity contribution is -0.137. The number of rotatable bonds is 5. The average molecular weight is 300 g/mol. The van der Waals surface area contributed by atoms with Crippen LogP contribution in [0, 0.1) is 6.92 Å². The minimum Gasteiger partial charge on any atom is -0.325 e. The maximum Gasteiger partial charge on any atom is 0.390 e. The molecule has 0 amide bonds. The minimum absolute atomic E-state index is 0.0872. The van der Waals surface area contributed by atoms with E-state index in [4.69, 9.17) is 5.73 Å². The molecule has 4 N–H and O–H groups in total. The molecule has 0 radical (unpaired) electrons. The lowest BCUT2D eigenvalue weighted by atomic mass is 10.2. The van der Waals surface area contributed by atoms with Crippen molar-refractivity contribution in [3.8, 4) is 0 Å². The molecule has 0 spiro atoms. The van der Waals surface area contributed by atoms with Gasteiger partial charge in [-0.25, -0.2) is 13.1 Å². The maximum atomic E-state index is 12.2. The summed E-state index contributed by atoms with van der Waals surface area (Å²) in [7, 11) is -4.09. The Labute approximate surface area is 108 Å². The van der Waals surface area contributed by atoms with Crippen LogP contribution in [-0.2, 0) is 16.6 Å². The van der Waals surface area contributed by atoms with Crippen LogP contribution in [0.15, 0.2) is 4.90 Å². The molecule has 1 unspecified atom stereocenters. The molecule has 0 aromatic carbocycles. The standard InChI is InChI=1S/C9H15F3N4O2S/c1-5(3-9(10,11)12)16-19(17,18)8-6(2)14-15-7(8)4-13/h5,16H,3-4,13H2,1-2H3,(H,14,15). The third-order valence-corrected chi connectivity index (χ3v) is 4.11. The molecule has 0 aliphatic carbocycles. The molecule has 0 saturated heterocycles. The fourth-order valence-corrected chi connectivity index (χ4v) is 3.30. The van der Waals surface area contributed by atoms with Gasteiger partial charge in [0.15, 0.2) is 0 Å². The molecule has 1 atom stereocenters. The summed E-state index contributed by atoms with van der Waals surface area (Å²) >= 11 is 0. The smallest absolute Gasteiger partial charge is 0.325 e. The first-order chi connectivity index (χ1) is 8.57. The number of H-pyrrole nitrogens is 1. The van der Waals surface area contributed by atoms with E-state index in [2.05, 4.69) is 10.2 Å². The van der Waals surface area contributed by atoms with Crippen LogP contribution in [0.5, 0.6) is 0 Å². The Kier molecular flexibility index (Phi) is 4.59. The zero-order valence-corrected chi connectivity index (χ0v) is 11.2. The minimum atomic E-state index is -4.44. The summed E-state index contributed by atoms with van der Waals surface area (Å²) in [5.41, 5.74) is 5.65. The molecular weight excluding hydrogens is 285 g/mol. The van der Waals surface area contributed by atoms with Crippen LogP contribution in [0.25, 0.3) is 0 Å². The van der Waals surface area contributed by atoms with E-state index in [1.54, 1.807) is 0 Å². The molecule has 0 bridgehead atoms. The summed E-state index contributed by atoms with van der Waals surface area (Å²) in [6, 6.07) is -1.27. The van der Waals surface area contributed by atoms with Crippen molar-refractivity contribution in [3.05, 3.63) is 11.4 Å². The molecule has 19 heavy (non-hydrogen) atoms. The van der Waals surface area contributed by atoms with Gasteiger partial charge in [-0.05, 0) is 13.8 Å². The van der Waals surface area contributed by atoms with E-state index < -0.39 is 28.7 Å². The highest BCUT2D eigenvalue weighted by Gasteiger charge is 2.33. The number of halogens is 3. The number of sulfonamides is 1. The topological polar surface area (TPSA) is 101 Å². The Morgan fingerprint density at radius 2 is 2.05 bits per heavy atom. The Balaban J connectivity index is 2.96. The van der Waals surface area contributed by atoms with Crippen LogP contribution in [-0.4, -0.2) is 30.8 Å². The number of alkyl halides is 3. The van der Waals surface area contributed by atoms with E-state index in [0.717, 1.165) is 6.92 Å². The molecule has 110 valence electrons. The second-order valence-electron chi connectivity index (χ2n) is 4.17. The van der Waals surface area contributed by atoms with Crippen LogP contribution >= 0.6 is 0 Å². The molecule has 1 aromatic heterocycles. The number of aromatic nitrogens is 2. The molecule has 0 saturated carbocycles. The largest absolute Gasteiger partial charge is 0.390 e. The number of nitrogens with one attached hydrogen (secondary N) is 2. The van der Waals surface area contributed by atoms with Crippen molar-refractivity contribution in [3.63, 3.8) is 0 Å². The SMILES string of the molecule is Cc1[nH]nc(CN)c1S(=O)(=O)NC(C)CC(F)(F)F. The Bertz CT molecular complexity index is 538. The molecule has 0 fully saturated rings. The van der Waals surface area contributed by atoms with Gasteiger partial charge in [-0.15, -0.1) is 0 Å². The van der Waals surface area contributed by atoms with E-state index in [1.807, 2.05) is 4.72 Å². The van der Waals surface area contributed by atoms with Gasteiger partial charge in [0.05, 0.1) is 17.8 Å². The highest BCUT2D eigenvalue weighted by Crippen LogP contribution is 2.23. The van der Waals surface area contributed by atoms with Crippen LogP contribution in [0.1, 0.15) is 24.7 Å². The predicted octanol–water partition coefficient (Wildman–Crippen LogP) is 0.796. The van der Waals surface area contributed by atoms with Gasteiger partial charge < -0.3 is 5.73 Å². The third kappa shape index (κ3) is 4.18. The van der Waals surface area contributed by atoms with E-state index in [1.165, 1.54) is 6.92 Å². The maximum absolute atomic E-state index is 12.2. The van der Waals surface area contributed by atoms with Crippen LogP contribution in [0.3, 0.4) is 0 Å². The Morgan fingerprint density at radius 3 is 2.53 bits per heavy atom. The predicted molar refractivity (Wildman–Crippen MR) is 61.7 cm³/mol. The van der Waals surface area contributed by atoms with Crippen molar-refractivity contribution >= 4 is 10.0 Å². The van der Waals surface area contributed by atoms with E-state index in [9.17, 15) is 21.6 Å². The quantitative estimate of drug-likeness (QED) is 0.748. The van der Waals surface area contributed by atoms with Gasteiger partial charge in [0.1, 0.15) is 4.90 Å². The van der Waals surface area contributed by atoms with Crippen molar-refractivity contribution in [2.75, 3.05) is 0 Å². The van der Waals surface area contributed by atoms with E-state index in [-0.39, 0.29) is 22.8 Å². The first-order valence-electron chi connectivity index (χ1n) is 5.40. The van der Waals surface area contributed by atoms with Gasteiger partial charge in [-0.3, -0.25) is 5.10 Å². The summed E-state index contributed by atoms with van der Waals surface area (Å²) in [4.78, 5) is -0.191. The third-order valence-electron chi connectivity index (χ3n) is 2.32. The Hall–Kier alpha value is -1.13. The normalized spacial score (nSPS) is 14.6. The molecule has 1 aromatic rings. The number of aromatic amines is 1. The van der Waals surface area contributed by atoms with Crippen molar-refractivity contribution in [1.82, 2.24) is 14.9 Å². The number of nitrogens with two attached hydrogens (primary N) is 1. The zero-order chi connectivity index (χ0) is 14.8. The number of aryl methyl sites for hydroxylation is 1. The van der Waals surface area contributed by atoms with Gasteiger partial charge in [-0.2, -0.15) is 18.3 Å². The molecule has 1 rings (SSSR count). The number of hydrogen-bond acceptors (Lipinski definition) is 4. The van der Waals surface area contributed by atoms with Gasteiger partial charge in [0.2, 0.25) is 10.0 Å². The lowest BCUT2D eigenvalue weighted by Gasteiger charge is -2.16. The summed E-state index contributed by atoms with van der Waals surface area (Å²) in [6.07, 6.45) is -5.69. The van der Waals surface area contributed by atoms with Crippen molar-refractivity contribution in [2.24, 2.45) is 5.73 Å². The summed E-state index contributed by atoms with van der Waals surface area (Å²) in [5, 5.41) is 6.14. The molecule has 10 heteroatoms. The van der Waals surface area contributed by atoms with Crippen molar-refractivity contribution < 1.29 is 21.6 Å². The van der Waals surface area contributed by atoms with E-state index >= 15 is 0 Å². The molecular formula is C9H15F3N4O2S. The van der Waals surface area contributed by atoms with E-state index in [0.29, 0.717) is 0 Å². The first-order valence-corrected chi connectivity index (χ1v) is 6.88. The molecule has 0 aliphatic rings. The second kappa shape index (κ2) is 5.47. The molecule has 6 nitrogen and oxygen atoms in total. The second-order valence-corrected chi connectivity index (χ2v) is 5.82. The highest BCUT2D eigenvalue weighted by atomic mass is 32.2. The summed E-state index contributed by atoms with van der Waals surface area (Å²) < 4.78 is 62.5. The van der Waals surface area contributed by atoms with Crippen LogP contribution in [0.2, 0.25) is 0 Å². The fourth-order valence-electron chi connectivity index (χ4n) is 1.68. The van der Waals surface area contributed by atoms with Crippen molar-refractivity contribution in [2.45, 2.75) is 43.9 Å². The monoisotopic (exact) mass is 300 g/mol. The molecule has 1 heterocycles.